The lowest BCUT2D eigenvalue weighted by Gasteiger charge is -2.12. The first-order chi connectivity index (χ1) is 6.36. The molecule has 4 heteroatoms. The van der Waals surface area contributed by atoms with Crippen molar-refractivity contribution in [2.75, 3.05) is 19.8 Å². The highest BCUT2D eigenvalue weighted by atomic mass is 16.6. The number of rotatable bonds is 3. The van der Waals surface area contributed by atoms with Crippen LogP contribution in [-0.2, 0) is 14.3 Å². The summed E-state index contributed by atoms with van der Waals surface area (Å²) in [7, 11) is 0. The number of ether oxygens (including phenoxy) is 2. The Morgan fingerprint density at radius 2 is 2.46 bits per heavy atom. The predicted octanol–water partition coefficient (Wildman–Crippen LogP) is 0.0705. The molecule has 0 radical (unpaired) electrons. The summed E-state index contributed by atoms with van der Waals surface area (Å²) in [6, 6.07) is 0.438. The number of hydrogen-bond acceptors (Lipinski definition) is 4. The van der Waals surface area contributed by atoms with Gasteiger partial charge in [-0.1, -0.05) is 0 Å². The zero-order chi connectivity index (χ0) is 9.10. The van der Waals surface area contributed by atoms with E-state index in [0.717, 1.165) is 13.0 Å². The zero-order valence-electron chi connectivity index (χ0n) is 7.62. The van der Waals surface area contributed by atoms with Crippen molar-refractivity contribution in [3.63, 3.8) is 0 Å². The van der Waals surface area contributed by atoms with Crippen LogP contribution in [0.25, 0.3) is 0 Å². The lowest BCUT2D eigenvalue weighted by atomic mass is 10.2. The van der Waals surface area contributed by atoms with Gasteiger partial charge in [-0.15, -0.1) is 0 Å². The molecular weight excluding hydrogens is 170 g/mol. The second-order valence-electron chi connectivity index (χ2n) is 3.57. The van der Waals surface area contributed by atoms with Crippen molar-refractivity contribution in [3.05, 3.63) is 0 Å². The Hall–Kier alpha value is -0.610. The summed E-state index contributed by atoms with van der Waals surface area (Å²) in [5.74, 6) is -0.196. The third-order valence-electron chi connectivity index (χ3n) is 2.55. The van der Waals surface area contributed by atoms with Gasteiger partial charge in [0.05, 0.1) is 13.2 Å². The molecule has 0 saturated carbocycles. The fourth-order valence-corrected chi connectivity index (χ4v) is 1.76. The normalized spacial score (nSPS) is 33.7. The van der Waals surface area contributed by atoms with Crippen molar-refractivity contribution in [2.24, 2.45) is 0 Å². The summed E-state index contributed by atoms with van der Waals surface area (Å²) >= 11 is 0. The monoisotopic (exact) mass is 185 g/mol. The quantitative estimate of drug-likeness (QED) is 0.632. The molecule has 0 amide bonds. The van der Waals surface area contributed by atoms with Crippen molar-refractivity contribution in [2.45, 2.75) is 31.4 Å². The van der Waals surface area contributed by atoms with Crippen LogP contribution in [-0.4, -0.2) is 37.9 Å². The highest BCUT2D eigenvalue weighted by molar-refractivity contribution is 5.76. The van der Waals surface area contributed by atoms with Gasteiger partial charge in [0.1, 0.15) is 0 Å². The second-order valence-corrected chi connectivity index (χ2v) is 3.57. The summed E-state index contributed by atoms with van der Waals surface area (Å²) in [6.45, 7) is 2.23. The summed E-state index contributed by atoms with van der Waals surface area (Å²) in [5.41, 5.74) is 0. The standard InChI is InChI=1S/C9H15NO3/c11-9-8(3-5-12-9)13-6-7-2-1-4-10-7/h7-8,10H,1-6H2. The molecule has 2 unspecified atom stereocenters. The largest absolute Gasteiger partial charge is 0.464 e. The first-order valence-corrected chi connectivity index (χ1v) is 4.88. The van der Waals surface area contributed by atoms with Crippen LogP contribution < -0.4 is 5.32 Å². The van der Waals surface area contributed by atoms with Crippen molar-refractivity contribution >= 4 is 5.97 Å². The summed E-state index contributed by atoms with van der Waals surface area (Å²) in [4.78, 5) is 11.0. The SMILES string of the molecule is O=C1OCCC1OCC1CCCN1. The third kappa shape index (κ3) is 2.19. The molecule has 0 aromatic rings. The maximum Gasteiger partial charge on any atom is 0.335 e. The van der Waals surface area contributed by atoms with Gasteiger partial charge in [-0.2, -0.15) is 0 Å². The van der Waals surface area contributed by atoms with Crippen molar-refractivity contribution in [1.29, 1.82) is 0 Å². The van der Waals surface area contributed by atoms with E-state index in [9.17, 15) is 4.79 Å². The van der Waals surface area contributed by atoms with Crippen LogP contribution in [0.3, 0.4) is 0 Å². The van der Waals surface area contributed by atoms with E-state index in [1.807, 2.05) is 0 Å². The highest BCUT2D eigenvalue weighted by Gasteiger charge is 2.28. The first kappa shape index (κ1) is 8.97. The first-order valence-electron chi connectivity index (χ1n) is 4.88. The Kier molecular flexibility index (Phi) is 2.80. The molecule has 0 spiro atoms. The third-order valence-corrected chi connectivity index (χ3v) is 2.55. The van der Waals surface area contributed by atoms with Gasteiger partial charge in [0.2, 0.25) is 0 Å². The lowest BCUT2D eigenvalue weighted by molar-refractivity contribution is -0.147. The van der Waals surface area contributed by atoms with Crippen LogP contribution in [0.4, 0.5) is 0 Å². The molecule has 2 fully saturated rings. The minimum Gasteiger partial charge on any atom is -0.464 e. The van der Waals surface area contributed by atoms with E-state index in [4.69, 9.17) is 9.47 Å². The maximum atomic E-state index is 11.0. The number of carbonyl (C=O) groups is 1. The molecular formula is C9H15NO3. The van der Waals surface area contributed by atoms with E-state index in [-0.39, 0.29) is 12.1 Å². The Bertz CT molecular complexity index is 189. The molecule has 2 rings (SSSR count). The molecule has 13 heavy (non-hydrogen) atoms. The van der Waals surface area contributed by atoms with E-state index < -0.39 is 0 Å². The van der Waals surface area contributed by atoms with Crippen LogP contribution in [0, 0.1) is 0 Å². The smallest absolute Gasteiger partial charge is 0.335 e. The molecule has 0 aromatic carbocycles. The fraction of sp³-hybridized carbons (Fsp3) is 0.889. The van der Waals surface area contributed by atoms with Crippen molar-refractivity contribution in [1.82, 2.24) is 5.32 Å². The lowest BCUT2D eigenvalue weighted by Crippen LogP contribution is -2.30. The predicted molar refractivity (Wildman–Crippen MR) is 46.3 cm³/mol. The van der Waals surface area contributed by atoms with E-state index in [2.05, 4.69) is 5.32 Å². The fourth-order valence-electron chi connectivity index (χ4n) is 1.76. The maximum absolute atomic E-state index is 11.0. The van der Waals surface area contributed by atoms with Gasteiger partial charge in [-0.05, 0) is 19.4 Å². The zero-order valence-corrected chi connectivity index (χ0v) is 7.62. The summed E-state index contributed by atoms with van der Waals surface area (Å²) in [6.07, 6.45) is 2.78. The molecule has 2 aliphatic rings. The minimum atomic E-state index is -0.303. The van der Waals surface area contributed by atoms with Crippen LogP contribution in [0.5, 0.6) is 0 Å². The number of cyclic esters (lactones) is 1. The van der Waals surface area contributed by atoms with Crippen LogP contribution in [0.15, 0.2) is 0 Å². The highest BCUT2D eigenvalue weighted by Crippen LogP contribution is 2.12. The Labute approximate surface area is 77.6 Å². The molecule has 2 saturated heterocycles. The number of nitrogens with one attached hydrogen (secondary N) is 1. The average Bonchev–Trinajstić information content (AvgIpc) is 2.72. The molecule has 2 aliphatic heterocycles. The van der Waals surface area contributed by atoms with E-state index in [1.165, 1.54) is 6.42 Å². The minimum absolute atomic E-state index is 0.196. The summed E-state index contributed by atoms with van der Waals surface area (Å²) in [5, 5.41) is 3.32. The van der Waals surface area contributed by atoms with E-state index in [0.29, 0.717) is 25.7 Å². The van der Waals surface area contributed by atoms with Crippen molar-refractivity contribution < 1.29 is 14.3 Å². The Morgan fingerprint density at radius 1 is 1.54 bits per heavy atom. The van der Waals surface area contributed by atoms with Crippen LogP contribution in [0.1, 0.15) is 19.3 Å². The van der Waals surface area contributed by atoms with E-state index >= 15 is 0 Å². The molecule has 1 N–H and O–H groups in total. The second kappa shape index (κ2) is 4.07. The molecule has 0 aromatic heterocycles. The molecule has 2 heterocycles. The van der Waals surface area contributed by atoms with Gasteiger partial charge in [0.15, 0.2) is 6.10 Å². The number of esters is 1. The van der Waals surface area contributed by atoms with Gasteiger partial charge >= 0.3 is 5.97 Å². The molecule has 2 atom stereocenters. The van der Waals surface area contributed by atoms with Gasteiger partial charge in [0.25, 0.3) is 0 Å². The molecule has 0 aliphatic carbocycles. The van der Waals surface area contributed by atoms with Gasteiger partial charge in [0, 0.05) is 12.5 Å². The molecule has 74 valence electrons. The summed E-state index contributed by atoms with van der Waals surface area (Å²) < 4.78 is 10.3. The van der Waals surface area contributed by atoms with Gasteiger partial charge < -0.3 is 14.8 Å². The van der Waals surface area contributed by atoms with Gasteiger partial charge in [-0.25, -0.2) is 4.79 Å². The molecule has 0 bridgehead atoms. The number of carbonyl (C=O) groups excluding carboxylic acids is 1. The average molecular weight is 185 g/mol. The molecule has 4 nitrogen and oxygen atoms in total. The van der Waals surface area contributed by atoms with Crippen molar-refractivity contribution in [3.8, 4) is 0 Å². The Morgan fingerprint density at radius 3 is 3.08 bits per heavy atom. The number of hydrogen-bond donors (Lipinski definition) is 1. The van der Waals surface area contributed by atoms with Crippen LogP contribution in [0.2, 0.25) is 0 Å². The van der Waals surface area contributed by atoms with Crippen LogP contribution >= 0.6 is 0 Å². The Balaban J connectivity index is 1.69. The topological polar surface area (TPSA) is 47.6 Å². The van der Waals surface area contributed by atoms with E-state index in [1.54, 1.807) is 0 Å². The van der Waals surface area contributed by atoms with Gasteiger partial charge in [-0.3, -0.25) is 0 Å².